The van der Waals surface area contributed by atoms with Crippen LogP contribution in [0.15, 0.2) is 17.6 Å². The largest absolute Gasteiger partial charge is 0.340 e. The first-order valence-electron chi connectivity index (χ1n) is 3.46. The Labute approximate surface area is 75.2 Å². The highest BCUT2D eigenvalue weighted by Gasteiger charge is 2.17. The molecule has 12 heavy (non-hydrogen) atoms. The monoisotopic (exact) mass is 182 g/mol. The van der Waals surface area contributed by atoms with Crippen molar-refractivity contribution in [3.05, 3.63) is 12.4 Å². The van der Waals surface area contributed by atoms with Crippen LogP contribution in [0.5, 0.6) is 0 Å². The van der Waals surface area contributed by atoms with Gasteiger partial charge in [-0.15, -0.1) is 0 Å². The van der Waals surface area contributed by atoms with E-state index in [2.05, 4.69) is 9.97 Å². The standard InChI is InChI=1S/C7H10N4S/c1-7(9,4-8)5-12-6-10-2-3-11-6/h2-3H,5,9H2,1H3,(H,10,11). The average molecular weight is 182 g/mol. The molecule has 5 heteroatoms. The molecule has 0 fully saturated rings. The summed E-state index contributed by atoms with van der Waals surface area (Å²) in [4.78, 5) is 6.92. The minimum absolute atomic E-state index is 0.539. The van der Waals surface area contributed by atoms with Gasteiger partial charge in [-0.3, -0.25) is 0 Å². The van der Waals surface area contributed by atoms with Gasteiger partial charge in [0, 0.05) is 18.1 Å². The maximum atomic E-state index is 8.60. The van der Waals surface area contributed by atoms with Gasteiger partial charge in [-0.05, 0) is 6.92 Å². The van der Waals surface area contributed by atoms with Crippen molar-refractivity contribution in [1.29, 1.82) is 5.26 Å². The molecule has 4 nitrogen and oxygen atoms in total. The summed E-state index contributed by atoms with van der Waals surface area (Å²) in [6, 6.07) is 2.02. The maximum Gasteiger partial charge on any atom is 0.165 e. The molecule has 64 valence electrons. The molecule has 0 aromatic carbocycles. The van der Waals surface area contributed by atoms with Gasteiger partial charge in [-0.1, -0.05) is 11.8 Å². The highest BCUT2D eigenvalue weighted by molar-refractivity contribution is 7.99. The third-order valence-corrected chi connectivity index (χ3v) is 2.48. The lowest BCUT2D eigenvalue weighted by atomic mass is 10.1. The minimum atomic E-state index is -0.780. The fraction of sp³-hybridized carbons (Fsp3) is 0.429. The number of imidazole rings is 1. The van der Waals surface area contributed by atoms with Crippen molar-refractivity contribution in [3.8, 4) is 6.07 Å². The van der Waals surface area contributed by atoms with Gasteiger partial charge >= 0.3 is 0 Å². The van der Waals surface area contributed by atoms with Gasteiger partial charge in [0.25, 0.3) is 0 Å². The van der Waals surface area contributed by atoms with Gasteiger partial charge in [0.1, 0.15) is 5.54 Å². The summed E-state index contributed by atoms with van der Waals surface area (Å²) >= 11 is 1.44. The molecule has 1 rings (SSSR count). The molecule has 1 unspecified atom stereocenters. The topological polar surface area (TPSA) is 78.5 Å². The number of H-pyrrole nitrogens is 1. The van der Waals surface area contributed by atoms with Crippen LogP contribution in [0.1, 0.15) is 6.92 Å². The number of nitrogens with one attached hydrogen (secondary N) is 1. The third kappa shape index (κ3) is 2.57. The number of rotatable bonds is 3. The Balaban J connectivity index is 2.42. The zero-order valence-electron chi connectivity index (χ0n) is 6.74. The van der Waals surface area contributed by atoms with E-state index >= 15 is 0 Å². The van der Waals surface area contributed by atoms with E-state index in [-0.39, 0.29) is 0 Å². The second-order valence-electron chi connectivity index (χ2n) is 2.71. The Morgan fingerprint density at radius 1 is 1.92 bits per heavy atom. The van der Waals surface area contributed by atoms with Gasteiger partial charge in [-0.25, -0.2) is 4.98 Å². The Morgan fingerprint density at radius 3 is 3.17 bits per heavy atom. The number of thioether (sulfide) groups is 1. The second-order valence-corrected chi connectivity index (χ2v) is 3.68. The van der Waals surface area contributed by atoms with Crippen LogP contribution in [0.4, 0.5) is 0 Å². The highest BCUT2D eigenvalue weighted by atomic mass is 32.2. The van der Waals surface area contributed by atoms with E-state index in [0.29, 0.717) is 5.75 Å². The van der Waals surface area contributed by atoms with Gasteiger partial charge < -0.3 is 10.7 Å². The van der Waals surface area contributed by atoms with Crippen molar-refractivity contribution in [3.63, 3.8) is 0 Å². The van der Waals surface area contributed by atoms with Crippen LogP contribution in [-0.2, 0) is 0 Å². The van der Waals surface area contributed by atoms with Gasteiger partial charge in [0.15, 0.2) is 5.16 Å². The Hall–Kier alpha value is -0.990. The second kappa shape index (κ2) is 3.61. The van der Waals surface area contributed by atoms with Crippen LogP contribution in [0.2, 0.25) is 0 Å². The first-order chi connectivity index (χ1) is 5.64. The Morgan fingerprint density at radius 2 is 2.67 bits per heavy atom. The van der Waals surface area contributed by atoms with Crippen LogP contribution in [0, 0.1) is 11.3 Å². The van der Waals surface area contributed by atoms with Crippen molar-refractivity contribution in [2.45, 2.75) is 17.6 Å². The van der Waals surface area contributed by atoms with Crippen molar-refractivity contribution in [2.24, 2.45) is 5.73 Å². The third-order valence-electron chi connectivity index (χ3n) is 1.24. The molecule has 0 spiro atoms. The van der Waals surface area contributed by atoms with Crippen molar-refractivity contribution >= 4 is 11.8 Å². The first-order valence-corrected chi connectivity index (χ1v) is 4.45. The summed E-state index contributed by atoms with van der Waals surface area (Å²) in [6.07, 6.45) is 3.41. The molecule has 1 atom stereocenters. The molecule has 1 heterocycles. The number of nitrogens with two attached hydrogens (primary N) is 1. The number of aromatic nitrogens is 2. The fourth-order valence-electron chi connectivity index (χ4n) is 0.580. The number of aromatic amines is 1. The van der Waals surface area contributed by atoms with Gasteiger partial charge in [0.2, 0.25) is 0 Å². The molecule has 0 bridgehead atoms. The Bertz CT molecular complexity index is 272. The molecule has 1 aromatic heterocycles. The summed E-state index contributed by atoms with van der Waals surface area (Å²) in [5, 5.41) is 9.40. The van der Waals surface area contributed by atoms with Crippen LogP contribution in [-0.4, -0.2) is 21.3 Å². The molecule has 0 radical (unpaired) electrons. The van der Waals surface area contributed by atoms with Crippen LogP contribution in [0.25, 0.3) is 0 Å². The maximum absolute atomic E-state index is 8.60. The van der Waals surface area contributed by atoms with E-state index in [1.54, 1.807) is 19.3 Å². The molecule has 3 N–H and O–H groups in total. The van der Waals surface area contributed by atoms with Crippen molar-refractivity contribution < 1.29 is 0 Å². The molecular formula is C7H10N4S. The number of nitriles is 1. The highest BCUT2D eigenvalue weighted by Crippen LogP contribution is 2.16. The van der Waals surface area contributed by atoms with E-state index in [0.717, 1.165) is 5.16 Å². The lowest BCUT2D eigenvalue weighted by molar-refractivity contribution is 0.681. The lowest BCUT2D eigenvalue weighted by Crippen LogP contribution is -2.36. The minimum Gasteiger partial charge on any atom is -0.340 e. The summed E-state index contributed by atoms with van der Waals surface area (Å²) < 4.78 is 0. The SMILES string of the molecule is CC(N)(C#N)CSc1ncc[nH]1. The zero-order chi connectivity index (χ0) is 9.03. The van der Waals surface area contributed by atoms with Gasteiger partial charge in [-0.2, -0.15) is 5.26 Å². The predicted molar refractivity (Wildman–Crippen MR) is 47.5 cm³/mol. The summed E-state index contributed by atoms with van der Waals surface area (Å²) in [5.74, 6) is 0.539. The van der Waals surface area contributed by atoms with Crippen LogP contribution < -0.4 is 5.73 Å². The molecule has 0 aliphatic carbocycles. The number of hydrogen-bond acceptors (Lipinski definition) is 4. The predicted octanol–water partition coefficient (Wildman–Crippen LogP) is 0.743. The molecule has 0 aliphatic rings. The smallest absolute Gasteiger partial charge is 0.165 e. The molecule has 0 amide bonds. The molecule has 0 aliphatic heterocycles. The number of nitrogens with zero attached hydrogens (tertiary/aromatic N) is 2. The zero-order valence-corrected chi connectivity index (χ0v) is 7.56. The molecule has 0 saturated carbocycles. The van der Waals surface area contributed by atoms with Crippen LogP contribution >= 0.6 is 11.8 Å². The normalized spacial score (nSPS) is 15.1. The summed E-state index contributed by atoms with van der Waals surface area (Å²) in [6.45, 7) is 1.70. The van der Waals surface area contributed by atoms with Gasteiger partial charge in [0.05, 0.1) is 6.07 Å². The van der Waals surface area contributed by atoms with E-state index in [1.165, 1.54) is 11.8 Å². The lowest BCUT2D eigenvalue weighted by Gasteiger charge is -2.12. The number of hydrogen-bond donors (Lipinski definition) is 2. The van der Waals surface area contributed by atoms with Crippen molar-refractivity contribution in [2.75, 3.05) is 5.75 Å². The van der Waals surface area contributed by atoms with E-state index in [4.69, 9.17) is 11.0 Å². The average Bonchev–Trinajstić information content (AvgIpc) is 2.53. The Kier molecular flexibility index (Phi) is 2.74. The quantitative estimate of drug-likeness (QED) is 0.676. The van der Waals surface area contributed by atoms with E-state index < -0.39 is 5.54 Å². The van der Waals surface area contributed by atoms with Crippen molar-refractivity contribution in [1.82, 2.24) is 9.97 Å². The summed E-state index contributed by atoms with van der Waals surface area (Å²) in [7, 11) is 0. The van der Waals surface area contributed by atoms with E-state index in [9.17, 15) is 0 Å². The fourth-order valence-corrected chi connectivity index (χ4v) is 1.37. The summed E-state index contributed by atoms with van der Waals surface area (Å²) in [5.41, 5.74) is 4.83. The first kappa shape index (κ1) is 9.10. The van der Waals surface area contributed by atoms with Crippen LogP contribution in [0.3, 0.4) is 0 Å². The molecular weight excluding hydrogens is 172 g/mol. The van der Waals surface area contributed by atoms with E-state index in [1.807, 2.05) is 6.07 Å². The molecule has 0 saturated heterocycles. The molecule has 1 aromatic rings.